The summed E-state index contributed by atoms with van der Waals surface area (Å²) in [7, 11) is 3.14. The zero-order valence-electron chi connectivity index (χ0n) is 22.6. The number of hydrogen-bond donors (Lipinski definition) is 2. The lowest BCUT2D eigenvalue weighted by Gasteiger charge is -2.47. The van der Waals surface area contributed by atoms with Crippen molar-refractivity contribution in [2.75, 3.05) is 45.0 Å². The third-order valence-electron chi connectivity index (χ3n) is 8.06. The van der Waals surface area contributed by atoms with Crippen molar-refractivity contribution >= 4 is 11.8 Å². The summed E-state index contributed by atoms with van der Waals surface area (Å²) in [6.07, 6.45) is 4.17. The van der Waals surface area contributed by atoms with E-state index in [0.29, 0.717) is 28.9 Å². The minimum absolute atomic E-state index is 0.0113. The van der Waals surface area contributed by atoms with Crippen LogP contribution in [0.25, 0.3) is 16.9 Å². The third-order valence-corrected chi connectivity index (χ3v) is 8.06. The first kappa shape index (κ1) is 25.8. The van der Waals surface area contributed by atoms with E-state index in [0.717, 1.165) is 25.8 Å². The molecule has 13 heteroatoms. The third kappa shape index (κ3) is 4.38. The van der Waals surface area contributed by atoms with E-state index >= 15 is 4.39 Å². The van der Waals surface area contributed by atoms with Crippen LogP contribution >= 0.6 is 0 Å². The number of piperidine rings is 1. The lowest BCUT2D eigenvalue weighted by atomic mass is 9.84. The fourth-order valence-electron chi connectivity index (χ4n) is 6.57. The van der Waals surface area contributed by atoms with Crippen LogP contribution in [0, 0.1) is 5.82 Å². The molecule has 0 bridgehead atoms. The molecule has 6 rings (SSSR count). The van der Waals surface area contributed by atoms with E-state index in [4.69, 9.17) is 19.9 Å². The van der Waals surface area contributed by atoms with Crippen molar-refractivity contribution in [3.63, 3.8) is 0 Å². The highest BCUT2D eigenvalue weighted by Crippen LogP contribution is 2.41. The second kappa shape index (κ2) is 9.65. The molecule has 3 N–H and O–H groups in total. The Bertz CT molecular complexity index is 1370. The van der Waals surface area contributed by atoms with E-state index < -0.39 is 11.4 Å². The Hall–Kier alpha value is -3.42. The number of hydrogen-bond acceptors (Lipinski definition) is 11. The van der Waals surface area contributed by atoms with Crippen molar-refractivity contribution in [3.05, 3.63) is 29.8 Å². The normalized spacial score (nSPS) is 23.0. The van der Waals surface area contributed by atoms with Gasteiger partial charge in [-0.15, -0.1) is 5.10 Å². The largest absolute Gasteiger partial charge is 0.472 e. The van der Waals surface area contributed by atoms with Gasteiger partial charge in [-0.25, -0.2) is 9.37 Å². The predicted molar refractivity (Wildman–Crippen MR) is 141 cm³/mol. The number of anilines is 2. The molecule has 208 valence electrons. The molecule has 1 aromatic carbocycles. The van der Waals surface area contributed by atoms with Crippen LogP contribution < -0.4 is 15.8 Å². The zero-order chi connectivity index (χ0) is 27.4. The van der Waals surface area contributed by atoms with Gasteiger partial charge in [-0.05, 0) is 74.7 Å². The molecule has 0 saturated carbocycles. The number of halogens is 1. The van der Waals surface area contributed by atoms with Crippen molar-refractivity contribution in [1.82, 2.24) is 35.1 Å². The highest BCUT2D eigenvalue weighted by atomic mass is 19.1. The molecule has 2 saturated heterocycles. The number of nitrogens with one attached hydrogen (secondary N) is 1. The van der Waals surface area contributed by atoms with E-state index in [9.17, 15) is 0 Å². The van der Waals surface area contributed by atoms with Gasteiger partial charge in [0.15, 0.2) is 11.6 Å². The van der Waals surface area contributed by atoms with E-state index in [2.05, 4.69) is 49.6 Å². The van der Waals surface area contributed by atoms with Gasteiger partial charge in [-0.2, -0.15) is 9.67 Å². The second-order valence-electron chi connectivity index (χ2n) is 11.2. The monoisotopic (exact) mass is 539 g/mol. The lowest BCUT2D eigenvalue weighted by Crippen LogP contribution is -2.55. The fraction of sp³-hybridized carbons (Fsp3) is 0.577. The minimum Gasteiger partial charge on any atom is -0.472 e. The predicted octanol–water partition coefficient (Wildman–Crippen LogP) is 2.54. The number of nitrogens with zero attached hydrogens (tertiary/aromatic N) is 7. The summed E-state index contributed by atoms with van der Waals surface area (Å²) in [5.41, 5.74) is 6.19. The van der Waals surface area contributed by atoms with Crippen LogP contribution in [0.5, 0.6) is 5.75 Å². The van der Waals surface area contributed by atoms with E-state index in [1.54, 1.807) is 37.1 Å². The Morgan fingerprint density at radius 3 is 2.77 bits per heavy atom. The van der Waals surface area contributed by atoms with Gasteiger partial charge in [0.25, 0.3) is 0 Å². The maximum Gasteiger partial charge on any atom is 0.222 e. The summed E-state index contributed by atoms with van der Waals surface area (Å²) >= 11 is 0. The standard InChI is InChI=1S/C26H34FN9O3/c1-25(2)12-16(11-17-6-5-9-35(17)25)29-22-20(27)21(30-24(28)31-22)15-7-8-19-18(10-15)36-23(32-33-34-36)26(39-19,13-37-3)14-38-4/h7-8,10,16-17H,5-6,9,11-14H2,1-4H3,(H3,28,29,30,31)/t16-,17+/m1/s1. The number of rotatable bonds is 7. The van der Waals surface area contributed by atoms with E-state index in [1.165, 1.54) is 6.42 Å². The molecule has 0 radical (unpaired) electrons. The van der Waals surface area contributed by atoms with Crippen LogP contribution in [0.4, 0.5) is 16.2 Å². The molecule has 12 nitrogen and oxygen atoms in total. The number of tetrazole rings is 1. The first-order chi connectivity index (χ1) is 18.7. The van der Waals surface area contributed by atoms with Gasteiger partial charge in [0.05, 0.1) is 13.2 Å². The molecule has 0 unspecified atom stereocenters. The van der Waals surface area contributed by atoms with Crippen molar-refractivity contribution < 1.29 is 18.6 Å². The number of nitrogen functional groups attached to an aromatic ring is 1. The van der Waals surface area contributed by atoms with Crippen LogP contribution in [-0.4, -0.2) is 86.7 Å². The number of fused-ring (bicyclic) bond motifs is 4. The zero-order valence-corrected chi connectivity index (χ0v) is 22.6. The number of nitrogens with two attached hydrogens (primary N) is 1. The Morgan fingerprint density at radius 1 is 1.21 bits per heavy atom. The highest BCUT2D eigenvalue weighted by Gasteiger charge is 2.46. The molecular formula is C26H34FN9O3. The second-order valence-corrected chi connectivity index (χ2v) is 11.2. The van der Waals surface area contributed by atoms with Gasteiger partial charge in [-0.1, -0.05) is 0 Å². The highest BCUT2D eigenvalue weighted by molar-refractivity contribution is 5.70. The van der Waals surface area contributed by atoms with Gasteiger partial charge >= 0.3 is 0 Å². The molecule has 0 spiro atoms. The first-order valence-electron chi connectivity index (χ1n) is 13.2. The summed E-state index contributed by atoms with van der Waals surface area (Å²) in [4.78, 5) is 11.1. The maximum atomic E-state index is 16.0. The molecule has 0 aliphatic carbocycles. The van der Waals surface area contributed by atoms with Crippen molar-refractivity contribution in [2.24, 2.45) is 0 Å². The molecule has 3 aliphatic heterocycles. The summed E-state index contributed by atoms with van der Waals surface area (Å²) < 4.78 is 34.7. The fourth-order valence-corrected chi connectivity index (χ4v) is 6.57. The van der Waals surface area contributed by atoms with Crippen LogP contribution in [0.2, 0.25) is 0 Å². The molecule has 2 aromatic heterocycles. The summed E-state index contributed by atoms with van der Waals surface area (Å²) in [5, 5.41) is 15.5. The smallest absolute Gasteiger partial charge is 0.222 e. The summed E-state index contributed by atoms with van der Waals surface area (Å²) in [5.74, 6) is 0.460. The molecule has 2 fully saturated rings. The van der Waals surface area contributed by atoms with Crippen molar-refractivity contribution in [1.29, 1.82) is 0 Å². The number of ether oxygens (including phenoxy) is 3. The van der Waals surface area contributed by atoms with Crippen LogP contribution in [0.1, 0.15) is 45.4 Å². The Kier molecular flexibility index (Phi) is 6.39. The first-order valence-corrected chi connectivity index (χ1v) is 13.2. The molecule has 5 heterocycles. The van der Waals surface area contributed by atoms with Crippen molar-refractivity contribution in [3.8, 4) is 22.7 Å². The van der Waals surface area contributed by atoms with Gasteiger partial charge in [0.1, 0.15) is 17.1 Å². The van der Waals surface area contributed by atoms with Crippen molar-refractivity contribution in [2.45, 2.75) is 62.8 Å². The molecule has 3 aliphatic rings. The number of aromatic nitrogens is 6. The lowest BCUT2D eigenvalue weighted by molar-refractivity contribution is -0.0748. The average Bonchev–Trinajstić information content (AvgIpc) is 3.57. The topological polar surface area (TPSA) is 138 Å². The maximum absolute atomic E-state index is 16.0. The molecule has 3 aromatic rings. The van der Waals surface area contributed by atoms with Gasteiger partial charge < -0.3 is 25.3 Å². The van der Waals surface area contributed by atoms with E-state index in [1.807, 2.05) is 0 Å². The number of methoxy groups -OCH3 is 2. The average molecular weight is 540 g/mol. The Morgan fingerprint density at radius 2 is 2.00 bits per heavy atom. The molecule has 39 heavy (non-hydrogen) atoms. The Labute approximate surface area is 226 Å². The van der Waals surface area contributed by atoms with Gasteiger partial charge in [-0.3, -0.25) is 4.90 Å². The molecular weight excluding hydrogens is 505 g/mol. The summed E-state index contributed by atoms with van der Waals surface area (Å²) in [6, 6.07) is 5.76. The molecule has 0 amide bonds. The van der Waals surface area contributed by atoms with E-state index in [-0.39, 0.29) is 42.3 Å². The van der Waals surface area contributed by atoms with Gasteiger partial charge in [0, 0.05) is 37.4 Å². The van der Waals surface area contributed by atoms with Crippen LogP contribution in [0.15, 0.2) is 18.2 Å². The molecule has 2 atom stereocenters. The van der Waals surface area contributed by atoms with Crippen LogP contribution in [0.3, 0.4) is 0 Å². The van der Waals surface area contributed by atoms with Crippen LogP contribution in [-0.2, 0) is 15.1 Å². The minimum atomic E-state index is -1.04. The Balaban J connectivity index is 1.33. The SMILES string of the molecule is COCC1(COC)Oc2ccc(-c3nc(N)nc(N[C@@H]4C[C@@H]5CCCN5C(C)(C)C4)c3F)cc2-n2nnnc21. The quantitative estimate of drug-likeness (QED) is 0.458. The number of benzene rings is 1. The summed E-state index contributed by atoms with van der Waals surface area (Å²) in [6.45, 7) is 5.97. The van der Waals surface area contributed by atoms with Gasteiger partial charge in [0.2, 0.25) is 17.4 Å².